The Balaban J connectivity index is 1.45. The molecular formula is C33H43F3N4O2. The van der Waals surface area contributed by atoms with Crippen molar-refractivity contribution in [1.29, 1.82) is 0 Å². The molecule has 0 spiro atoms. The molecule has 2 aromatic rings. The number of amides is 2. The van der Waals surface area contributed by atoms with E-state index in [-0.39, 0.29) is 47.3 Å². The molecule has 2 amide bonds. The van der Waals surface area contributed by atoms with Crippen molar-refractivity contribution in [3.05, 3.63) is 69.8 Å². The Morgan fingerprint density at radius 3 is 2.55 bits per heavy atom. The third kappa shape index (κ3) is 7.72. The quantitative estimate of drug-likeness (QED) is 0.320. The van der Waals surface area contributed by atoms with Gasteiger partial charge in [-0.3, -0.25) is 14.5 Å². The van der Waals surface area contributed by atoms with Gasteiger partial charge in [0.1, 0.15) is 0 Å². The monoisotopic (exact) mass is 584 g/mol. The average molecular weight is 585 g/mol. The second kappa shape index (κ2) is 12.5. The van der Waals surface area contributed by atoms with E-state index in [1.165, 1.54) is 22.6 Å². The number of hydrogen-bond donors (Lipinski definition) is 2. The van der Waals surface area contributed by atoms with Crippen LogP contribution in [0.5, 0.6) is 0 Å². The topological polar surface area (TPSA) is 87.8 Å². The van der Waals surface area contributed by atoms with Gasteiger partial charge >= 0.3 is 6.18 Å². The maximum absolute atomic E-state index is 13.4. The van der Waals surface area contributed by atoms with Crippen LogP contribution in [0, 0.1) is 12.3 Å². The number of nitrogens with one attached hydrogen (secondary N) is 1. The molecule has 9 heteroatoms. The predicted molar refractivity (Wildman–Crippen MR) is 159 cm³/mol. The summed E-state index contributed by atoms with van der Waals surface area (Å²) >= 11 is 0. The fourth-order valence-corrected chi connectivity index (χ4v) is 6.07. The Kier molecular flexibility index (Phi) is 9.38. The molecule has 0 bridgehead atoms. The fraction of sp³-hybridized carbons (Fsp3) is 0.545. The number of fused-ring (bicyclic) bond motifs is 1. The summed E-state index contributed by atoms with van der Waals surface area (Å²) < 4.78 is 40.2. The summed E-state index contributed by atoms with van der Waals surface area (Å²) in [5.74, 6) is -1.47. The van der Waals surface area contributed by atoms with Gasteiger partial charge in [-0.2, -0.15) is 13.2 Å². The number of halogens is 3. The molecule has 0 saturated carbocycles. The standard InChI is InChI=1S/C33H43F3N4O2/c1-20-10-11-21(8-6-7-9-24-18-29(41)40(5)31(37)38-24)16-26(20)28(19-32(2,3)4)39-30(42)23-12-14-25-22(17-23)13-15-27(25)33(34,35)36/h10-12,14,16-17,24,27-28H,6-9,13,15,18-19H2,1-5H3,(H2,37,38)(H,39,42). The molecule has 0 radical (unpaired) electrons. The van der Waals surface area contributed by atoms with Crippen LogP contribution in [0.3, 0.4) is 0 Å². The van der Waals surface area contributed by atoms with Crippen LogP contribution in [0.25, 0.3) is 0 Å². The zero-order chi connectivity index (χ0) is 30.8. The minimum absolute atomic E-state index is 0.00648. The van der Waals surface area contributed by atoms with Gasteiger partial charge in [-0.25, -0.2) is 4.99 Å². The molecule has 3 N–H and O–H groups in total. The summed E-state index contributed by atoms with van der Waals surface area (Å²) in [6.45, 7) is 8.41. The first kappa shape index (κ1) is 31.6. The molecule has 6 nitrogen and oxygen atoms in total. The SMILES string of the molecule is Cc1ccc(CCCCC2CC(=O)N(C)C(N)=N2)cc1C(CC(C)(C)C)NC(=O)c1ccc2c(c1)CCC2C(F)(F)F. The van der Waals surface area contributed by atoms with Crippen molar-refractivity contribution >= 4 is 17.8 Å². The highest BCUT2D eigenvalue weighted by Gasteiger charge is 2.44. The van der Waals surface area contributed by atoms with Gasteiger partial charge in [0, 0.05) is 19.0 Å². The smallest absolute Gasteiger partial charge is 0.369 e. The molecular weight excluding hydrogens is 541 g/mol. The number of aliphatic imine (C=N–C) groups is 1. The second-order valence-corrected chi connectivity index (χ2v) is 13.1. The van der Waals surface area contributed by atoms with Crippen molar-refractivity contribution < 1.29 is 22.8 Å². The maximum Gasteiger partial charge on any atom is 0.395 e. The summed E-state index contributed by atoms with van der Waals surface area (Å²) in [5, 5.41) is 3.21. The molecule has 0 saturated heterocycles. The minimum atomic E-state index is -4.27. The van der Waals surface area contributed by atoms with Crippen molar-refractivity contribution in [3.63, 3.8) is 0 Å². The van der Waals surface area contributed by atoms with Crippen LogP contribution in [0.4, 0.5) is 13.2 Å². The zero-order valence-corrected chi connectivity index (χ0v) is 25.3. The van der Waals surface area contributed by atoms with Crippen molar-refractivity contribution in [2.24, 2.45) is 16.1 Å². The molecule has 1 aliphatic heterocycles. The van der Waals surface area contributed by atoms with Crippen molar-refractivity contribution in [2.75, 3.05) is 7.05 Å². The van der Waals surface area contributed by atoms with Gasteiger partial charge in [-0.15, -0.1) is 0 Å². The lowest BCUT2D eigenvalue weighted by atomic mass is 9.83. The highest BCUT2D eigenvalue weighted by Crippen LogP contribution is 2.44. The summed E-state index contributed by atoms with van der Waals surface area (Å²) in [4.78, 5) is 31.3. The first-order valence-corrected chi connectivity index (χ1v) is 14.8. The van der Waals surface area contributed by atoms with Crippen LogP contribution in [-0.4, -0.2) is 41.9 Å². The van der Waals surface area contributed by atoms with Gasteiger partial charge < -0.3 is 11.1 Å². The number of alkyl halides is 3. The number of nitrogens with two attached hydrogens (primary N) is 1. The Morgan fingerprint density at radius 1 is 1.14 bits per heavy atom. The second-order valence-electron chi connectivity index (χ2n) is 13.1. The van der Waals surface area contributed by atoms with Gasteiger partial charge in [0.2, 0.25) is 5.91 Å². The number of nitrogens with zero attached hydrogens (tertiary/aromatic N) is 2. The van der Waals surface area contributed by atoms with Gasteiger partial charge in [0.25, 0.3) is 5.91 Å². The van der Waals surface area contributed by atoms with E-state index in [4.69, 9.17) is 5.73 Å². The first-order chi connectivity index (χ1) is 19.6. The third-order valence-electron chi connectivity index (χ3n) is 8.41. The molecule has 2 aliphatic rings. The number of guanidine groups is 1. The van der Waals surface area contributed by atoms with Crippen LogP contribution in [0.15, 0.2) is 41.4 Å². The van der Waals surface area contributed by atoms with E-state index in [1.807, 2.05) is 6.92 Å². The number of hydrogen-bond acceptors (Lipinski definition) is 4. The zero-order valence-electron chi connectivity index (χ0n) is 25.3. The highest BCUT2D eigenvalue weighted by atomic mass is 19.4. The molecule has 4 rings (SSSR count). The van der Waals surface area contributed by atoms with E-state index >= 15 is 0 Å². The van der Waals surface area contributed by atoms with Crippen LogP contribution >= 0.6 is 0 Å². The Hall–Kier alpha value is -3.36. The third-order valence-corrected chi connectivity index (χ3v) is 8.41. The number of unbranched alkanes of at least 4 members (excludes halogenated alkanes) is 1. The van der Waals surface area contributed by atoms with E-state index in [1.54, 1.807) is 13.1 Å². The summed E-state index contributed by atoms with van der Waals surface area (Å²) in [6.07, 6.45) is 0.659. The van der Waals surface area contributed by atoms with Gasteiger partial charge in [-0.1, -0.05) is 51.5 Å². The Labute approximate surface area is 247 Å². The van der Waals surface area contributed by atoms with Crippen LogP contribution in [-0.2, 0) is 17.6 Å². The first-order valence-electron chi connectivity index (χ1n) is 14.8. The van der Waals surface area contributed by atoms with Crippen LogP contribution in [0.1, 0.15) is 109 Å². The number of rotatable bonds is 9. The molecule has 228 valence electrons. The minimum Gasteiger partial charge on any atom is -0.369 e. The van der Waals surface area contributed by atoms with Crippen LogP contribution in [0.2, 0.25) is 0 Å². The fourth-order valence-electron chi connectivity index (χ4n) is 6.07. The lowest BCUT2D eigenvalue weighted by Crippen LogP contribution is -2.44. The molecule has 1 aliphatic carbocycles. The molecule has 3 atom stereocenters. The summed E-state index contributed by atoms with van der Waals surface area (Å²) in [5.41, 5.74) is 10.3. The lowest BCUT2D eigenvalue weighted by molar-refractivity contribution is -0.149. The molecule has 3 unspecified atom stereocenters. The summed E-state index contributed by atoms with van der Waals surface area (Å²) in [6, 6.07) is 10.7. The number of aryl methyl sites for hydroxylation is 3. The lowest BCUT2D eigenvalue weighted by Gasteiger charge is -2.29. The predicted octanol–water partition coefficient (Wildman–Crippen LogP) is 6.75. The number of carbonyl (C=O) groups is 2. The van der Waals surface area contributed by atoms with E-state index in [2.05, 4.69) is 49.3 Å². The molecule has 42 heavy (non-hydrogen) atoms. The van der Waals surface area contributed by atoms with E-state index < -0.39 is 12.1 Å². The maximum atomic E-state index is 13.4. The molecule has 2 aromatic carbocycles. The van der Waals surface area contributed by atoms with Crippen molar-refractivity contribution in [1.82, 2.24) is 10.2 Å². The van der Waals surface area contributed by atoms with Gasteiger partial charge in [0.05, 0.1) is 18.0 Å². The number of carbonyl (C=O) groups excluding carboxylic acids is 2. The van der Waals surface area contributed by atoms with Crippen molar-refractivity contribution in [2.45, 2.75) is 103 Å². The van der Waals surface area contributed by atoms with E-state index in [9.17, 15) is 22.8 Å². The van der Waals surface area contributed by atoms with E-state index in [0.29, 0.717) is 30.4 Å². The summed E-state index contributed by atoms with van der Waals surface area (Å²) in [7, 11) is 1.64. The van der Waals surface area contributed by atoms with Gasteiger partial charge in [-0.05, 0) is 90.8 Å². The van der Waals surface area contributed by atoms with Crippen molar-refractivity contribution in [3.8, 4) is 0 Å². The molecule has 0 aromatic heterocycles. The molecule has 0 fully saturated rings. The normalized spacial score (nSPS) is 19.9. The van der Waals surface area contributed by atoms with Gasteiger partial charge in [0.15, 0.2) is 5.96 Å². The molecule has 1 heterocycles. The van der Waals surface area contributed by atoms with E-state index in [0.717, 1.165) is 36.8 Å². The highest BCUT2D eigenvalue weighted by molar-refractivity contribution is 5.98. The van der Waals surface area contributed by atoms with Crippen LogP contribution < -0.4 is 11.1 Å². The Bertz CT molecular complexity index is 1350. The Morgan fingerprint density at radius 2 is 1.88 bits per heavy atom. The number of benzene rings is 2. The average Bonchev–Trinajstić information content (AvgIpc) is 3.33. The largest absolute Gasteiger partial charge is 0.395 e.